The van der Waals surface area contributed by atoms with E-state index in [2.05, 4.69) is 25.5 Å². The Hall–Kier alpha value is -3.27. The van der Waals surface area contributed by atoms with Crippen molar-refractivity contribution in [1.82, 2.24) is 19.9 Å². The number of carbonyl (C=O) groups excluding carboxylic acids is 2. The number of benzene rings is 1. The lowest BCUT2D eigenvalue weighted by Gasteiger charge is -2.31. The van der Waals surface area contributed by atoms with E-state index < -0.39 is 0 Å². The van der Waals surface area contributed by atoms with Crippen LogP contribution in [0, 0.1) is 12.8 Å². The van der Waals surface area contributed by atoms with Crippen LogP contribution in [0.3, 0.4) is 0 Å². The fourth-order valence-electron chi connectivity index (χ4n) is 3.83. The highest BCUT2D eigenvalue weighted by Crippen LogP contribution is 2.29. The van der Waals surface area contributed by atoms with Crippen molar-refractivity contribution in [3.8, 4) is 0 Å². The largest absolute Gasteiger partial charge is 0.356 e. The van der Waals surface area contributed by atoms with Gasteiger partial charge in [0.05, 0.1) is 5.92 Å². The van der Waals surface area contributed by atoms with Gasteiger partial charge in [-0.1, -0.05) is 36.0 Å². The number of aryl methyl sites for hydroxylation is 1. The van der Waals surface area contributed by atoms with Crippen molar-refractivity contribution in [2.24, 2.45) is 5.92 Å². The highest BCUT2D eigenvalue weighted by molar-refractivity contribution is 7.22. The zero-order chi connectivity index (χ0) is 23.4. The summed E-state index contributed by atoms with van der Waals surface area (Å²) in [5, 5.41) is 6.45. The van der Waals surface area contributed by atoms with E-state index in [1.807, 2.05) is 38.1 Å². The summed E-state index contributed by atoms with van der Waals surface area (Å²) in [5.74, 6) is -0.320. The van der Waals surface area contributed by atoms with Crippen LogP contribution in [-0.4, -0.2) is 46.0 Å². The van der Waals surface area contributed by atoms with Crippen molar-refractivity contribution < 1.29 is 9.59 Å². The first kappa shape index (κ1) is 22.9. The predicted octanol–water partition coefficient (Wildman–Crippen LogP) is 2.54. The molecule has 3 aromatic rings. The lowest BCUT2D eigenvalue weighted by atomic mass is 9.97. The van der Waals surface area contributed by atoms with Gasteiger partial charge < -0.3 is 15.5 Å². The maximum Gasteiger partial charge on any atom is 0.273 e. The molecular formula is C23H28N6O3S. The van der Waals surface area contributed by atoms with Crippen LogP contribution in [0.2, 0.25) is 0 Å². The van der Waals surface area contributed by atoms with Gasteiger partial charge in [0.2, 0.25) is 11.8 Å². The van der Waals surface area contributed by atoms with Gasteiger partial charge >= 0.3 is 0 Å². The number of rotatable bonds is 7. The van der Waals surface area contributed by atoms with Crippen LogP contribution in [0.15, 0.2) is 35.4 Å². The second-order valence-corrected chi connectivity index (χ2v) is 9.29. The lowest BCUT2D eigenvalue weighted by molar-refractivity contribution is -0.125. The van der Waals surface area contributed by atoms with Gasteiger partial charge in [-0.05, 0) is 38.3 Å². The minimum absolute atomic E-state index is 0.0720. The normalized spacial score (nSPS) is 16.1. The lowest BCUT2D eigenvalue weighted by Crippen LogP contribution is -2.43. The van der Waals surface area contributed by atoms with Crippen molar-refractivity contribution >= 4 is 44.3 Å². The van der Waals surface area contributed by atoms with Crippen LogP contribution < -0.4 is 21.1 Å². The second kappa shape index (κ2) is 10.1. The molecule has 9 nitrogen and oxygen atoms in total. The summed E-state index contributed by atoms with van der Waals surface area (Å²) in [6.07, 6.45) is 4.00. The molecule has 33 heavy (non-hydrogen) atoms. The number of aromatic nitrogens is 3. The van der Waals surface area contributed by atoms with Gasteiger partial charge in [0.25, 0.3) is 5.56 Å². The smallest absolute Gasteiger partial charge is 0.273 e. The van der Waals surface area contributed by atoms with Gasteiger partial charge in [0.1, 0.15) is 17.6 Å². The number of anilines is 2. The Kier molecular flexibility index (Phi) is 7.02. The number of hydrogen-bond acceptors (Lipinski definition) is 7. The molecule has 1 aromatic carbocycles. The van der Waals surface area contributed by atoms with Crippen LogP contribution in [-0.2, 0) is 16.1 Å². The maximum absolute atomic E-state index is 13.0. The van der Waals surface area contributed by atoms with Crippen molar-refractivity contribution in [1.29, 1.82) is 0 Å². The SMILES string of the molecule is CCCNC(=O)[C@H]1CCCN(c2nc3ncn(CC(=O)Nc4ccc(C)cc4)c(=O)c3s2)C1. The summed E-state index contributed by atoms with van der Waals surface area (Å²) in [4.78, 5) is 48.7. The Bertz CT molecular complexity index is 1200. The average Bonchev–Trinajstić information content (AvgIpc) is 3.26. The third-order valence-corrected chi connectivity index (χ3v) is 6.73. The third-order valence-electron chi connectivity index (χ3n) is 5.63. The van der Waals surface area contributed by atoms with Gasteiger partial charge in [-0.2, -0.15) is 4.98 Å². The number of fused-ring (bicyclic) bond motifs is 1. The van der Waals surface area contributed by atoms with Crippen LogP contribution in [0.1, 0.15) is 31.7 Å². The van der Waals surface area contributed by atoms with E-state index in [0.717, 1.165) is 31.4 Å². The molecule has 0 spiro atoms. The standard InChI is InChI=1S/C23H28N6O3S/c1-3-10-24-21(31)16-5-4-11-28(12-16)23-27-20-19(33-23)22(32)29(14-25-20)13-18(30)26-17-8-6-15(2)7-9-17/h6-9,14,16H,3-5,10-13H2,1-2H3,(H,24,31)(H,26,30)/t16-/m0/s1. The zero-order valence-electron chi connectivity index (χ0n) is 18.8. The van der Waals surface area contributed by atoms with Crippen molar-refractivity contribution in [3.63, 3.8) is 0 Å². The molecule has 10 heteroatoms. The molecule has 0 saturated carbocycles. The number of piperidine rings is 1. The molecule has 1 saturated heterocycles. The highest BCUT2D eigenvalue weighted by atomic mass is 32.1. The van der Waals surface area contributed by atoms with Crippen LogP contribution in [0.4, 0.5) is 10.8 Å². The molecule has 3 heterocycles. The summed E-state index contributed by atoms with van der Waals surface area (Å²) >= 11 is 1.26. The molecule has 0 bridgehead atoms. The fraction of sp³-hybridized carbons (Fsp3) is 0.435. The number of nitrogens with one attached hydrogen (secondary N) is 2. The molecular weight excluding hydrogens is 440 g/mol. The predicted molar refractivity (Wildman–Crippen MR) is 130 cm³/mol. The molecule has 0 aliphatic carbocycles. The maximum atomic E-state index is 13.0. The van der Waals surface area contributed by atoms with Crippen molar-refractivity contribution in [2.45, 2.75) is 39.7 Å². The van der Waals surface area contributed by atoms with E-state index >= 15 is 0 Å². The summed E-state index contributed by atoms with van der Waals surface area (Å²) in [7, 11) is 0. The monoisotopic (exact) mass is 468 g/mol. The van der Waals surface area contributed by atoms with E-state index in [-0.39, 0.29) is 29.8 Å². The Balaban J connectivity index is 1.47. The molecule has 1 fully saturated rings. The molecule has 2 amide bonds. The number of hydrogen-bond donors (Lipinski definition) is 2. The fourth-order valence-corrected chi connectivity index (χ4v) is 4.84. The minimum atomic E-state index is -0.302. The van der Waals surface area contributed by atoms with Gasteiger partial charge in [-0.25, -0.2) is 4.98 Å². The Morgan fingerprint density at radius 2 is 2.03 bits per heavy atom. The van der Waals surface area contributed by atoms with Gasteiger partial charge in [-0.15, -0.1) is 0 Å². The summed E-state index contributed by atoms with van der Waals surface area (Å²) in [6.45, 7) is 5.90. The van der Waals surface area contributed by atoms with E-state index in [1.54, 1.807) is 0 Å². The molecule has 4 rings (SSSR count). The Labute approximate surface area is 195 Å². The Morgan fingerprint density at radius 3 is 2.79 bits per heavy atom. The third kappa shape index (κ3) is 5.39. The van der Waals surface area contributed by atoms with E-state index in [9.17, 15) is 14.4 Å². The van der Waals surface area contributed by atoms with E-state index in [0.29, 0.717) is 34.3 Å². The van der Waals surface area contributed by atoms with E-state index in [1.165, 1.54) is 22.2 Å². The molecule has 1 atom stereocenters. The number of nitrogens with zero attached hydrogens (tertiary/aromatic N) is 4. The molecule has 1 aliphatic heterocycles. The molecule has 0 radical (unpaired) electrons. The first-order valence-corrected chi connectivity index (χ1v) is 12.0. The molecule has 2 N–H and O–H groups in total. The second-order valence-electron chi connectivity index (χ2n) is 8.32. The number of amides is 2. The zero-order valence-corrected chi connectivity index (χ0v) is 19.7. The molecule has 1 aliphatic rings. The summed E-state index contributed by atoms with van der Waals surface area (Å²) in [6, 6.07) is 7.46. The number of carbonyl (C=O) groups is 2. The minimum Gasteiger partial charge on any atom is -0.356 e. The van der Waals surface area contributed by atoms with Crippen LogP contribution in [0.5, 0.6) is 0 Å². The van der Waals surface area contributed by atoms with Crippen LogP contribution >= 0.6 is 11.3 Å². The average molecular weight is 469 g/mol. The van der Waals surface area contributed by atoms with Gasteiger partial charge in [0, 0.05) is 25.3 Å². The highest BCUT2D eigenvalue weighted by Gasteiger charge is 2.27. The van der Waals surface area contributed by atoms with Gasteiger partial charge in [-0.3, -0.25) is 19.0 Å². The molecule has 0 unspecified atom stereocenters. The summed E-state index contributed by atoms with van der Waals surface area (Å²) in [5.41, 5.74) is 1.85. The molecule has 2 aromatic heterocycles. The van der Waals surface area contributed by atoms with Gasteiger partial charge in [0.15, 0.2) is 10.8 Å². The molecule has 174 valence electrons. The first-order chi connectivity index (χ1) is 15.9. The first-order valence-electron chi connectivity index (χ1n) is 11.2. The van der Waals surface area contributed by atoms with Crippen molar-refractivity contribution in [3.05, 3.63) is 46.5 Å². The quantitative estimate of drug-likeness (QED) is 0.552. The number of thiazole rings is 1. The topological polar surface area (TPSA) is 109 Å². The Morgan fingerprint density at radius 1 is 1.24 bits per heavy atom. The van der Waals surface area contributed by atoms with Crippen molar-refractivity contribution in [2.75, 3.05) is 29.9 Å². The summed E-state index contributed by atoms with van der Waals surface area (Å²) < 4.78 is 1.71. The van der Waals surface area contributed by atoms with Crippen LogP contribution in [0.25, 0.3) is 10.3 Å². The van der Waals surface area contributed by atoms with E-state index in [4.69, 9.17) is 0 Å².